The fourth-order valence-electron chi connectivity index (χ4n) is 2.12. The number of likely N-dealkylation sites (N-methyl/N-ethyl adjacent to an activating group) is 1. The van der Waals surface area contributed by atoms with E-state index in [1.807, 2.05) is 6.92 Å². The zero-order valence-corrected chi connectivity index (χ0v) is 14.4. The van der Waals surface area contributed by atoms with E-state index in [1.165, 1.54) is 0 Å². The number of nitrogens with zero attached hydrogens (tertiary/aromatic N) is 1. The number of rotatable bonds is 8. The van der Waals surface area contributed by atoms with E-state index in [2.05, 4.69) is 5.32 Å². The van der Waals surface area contributed by atoms with Crippen molar-refractivity contribution >= 4 is 23.2 Å². The summed E-state index contributed by atoms with van der Waals surface area (Å²) >= 11 is 5.96. The van der Waals surface area contributed by atoms with Gasteiger partial charge in [0.15, 0.2) is 0 Å². The Hall–Kier alpha value is -1.46. The highest BCUT2D eigenvalue weighted by atomic mass is 35.5. The molecule has 0 aromatic heterocycles. The number of carbonyl (C=O) groups is 1. The fraction of sp³-hybridized carbons (Fsp3) is 0.562. The predicted octanol–water partition coefficient (Wildman–Crippen LogP) is 2.77. The first-order valence-electron chi connectivity index (χ1n) is 7.34. The van der Waals surface area contributed by atoms with Gasteiger partial charge in [-0.3, -0.25) is 4.79 Å². The molecule has 0 saturated heterocycles. The van der Waals surface area contributed by atoms with Crippen LogP contribution in [-0.4, -0.2) is 48.3 Å². The molecule has 0 bridgehead atoms. The van der Waals surface area contributed by atoms with Gasteiger partial charge in [0.1, 0.15) is 5.75 Å². The van der Waals surface area contributed by atoms with Crippen LogP contribution in [0.4, 0.5) is 5.69 Å². The number of amides is 1. The van der Waals surface area contributed by atoms with Gasteiger partial charge in [0.25, 0.3) is 0 Å². The van der Waals surface area contributed by atoms with Crippen LogP contribution in [0.2, 0.25) is 5.02 Å². The maximum atomic E-state index is 12.2. The summed E-state index contributed by atoms with van der Waals surface area (Å²) in [6.07, 6.45) is 0.333. The van der Waals surface area contributed by atoms with E-state index in [4.69, 9.17) is 16.3 Å². The number of carbonyl (C=O) groups excluding carboxylic acids is 1. The second kappa shape index (κ2) is 8.25. The van der Waals surface area contributed by atoms with Crippen LogP contribution in [0.5, 0.6) is 5.75 Å². The summed E-state index contributed by atoms with van der Waals surface area (Å²) in [5.41, 5.74) is -0.136. The van der Waals surface area contributed by atoms with Crippen molar-refractivity contribution in [2.24, 2.45) is 0 Å². The summed E-state index contributed by atoms with van der Waals surface area (Å²) in [5, 5.41) is 13.6. The first-order valence-corrected chi connectivity index (χ1v) is 7.72. The van der Waals surface area contributed by atoms with Crippen molar-refractivity contribution in [3.8, 4) is 5.75 Å². The summed E-state index contributed by atoms with van der Waals surface area (Å²) in [7, 11) is 1.59. The molecule has 1 rings (SSSR count). The van der Waals surface area contributed by atoms with Crippen molar-refractivity contribution in [2.45, 2.75) is 32.8 Å². The predicted molar refractivity (Wildman–Crippen MR) is 89.7 cm³/mol. The molecule has 0 aliphatic rings. The minimum absolute atomic E-state index is 0.00174. The minimum atomic E-state index is -0.894. The molecule has 1 aromatic rings. The Morgan fingerprint density at radius 3 is 2.68 bits per heavy atom. The van der Waals surface area contributed by atoms with Crippen LogP contribution >= 0.6 is 11.6 Å². The van der Waals surface area contributed by atoms with Gasteiger partial charge in [-0.05, 0) is 39.0 Å². The fourth-order valence-corrected chi connectivity index (χ4v) is 2.30. The van der Waals surface area contributed by atoms with Crippen LogP contribution in [0, 0.1) is 0 Å². The van der Waals surface area contributed by atoms with Gasteiger partial charge in [-0.2, -0.15) is 0 Å². The van der Waals surface area contributed by atoms with Gasteiger partial charge >= 0.3 is 0 Å². The molecule has 0 spiro atoms. The van der Waals surface area contributed by atoms with Gasteiger partial charge in [0.2, 0.25) is 5.91 Å². The maximum Gasteiger partial charge on any atom is 0.224 e. The van der Waals surface area contributed by atoms with Crippen LogP contribution in [0.25, 0.3) is 0 Å². The van der Waals surface area contributed by atoms with Crippen molar-refractivity contribution in [2.75, 3.05) is 32.1 Å². The smallest absolute Gasteiger partial charge is 0.224 e. The number of anilines is 1. The average Bonchev–Trinajstić information content (AvgIpc) is 2.44. The van der Waals surface area contributed by atoms with Crippen molar-refractivity contribution < 1.29 is 14.6 Å². The third kappa shape index (κ3) is 6.12. The van der Waals surface area contributed by atoms with Crippen molar-refractivity contribution in [1.82, 2.24) is 4.90 Å². The molecule has 0 aliphatic carbocycles. The number of ether oxygens (including phenoxy) is 1. The highest BCUT2D eigenvalue weighted by Gasteiger charge is 2.20. The van der Waals surface area contributed by atoms with Crippen LogP contribution in [-0.2, 0) is 4.79 Å². The van der Waals surface area contributed by atoms with E-state index in [1.54, 1.807) is 44.1 Å². The highest BCUT2D eigenvalue weighted by molar-refractivity contribution is 6.30. The topological polar surface area (TPSA) is 61.8 Å². The lowest BCUT2D eigenvalue weighted by molar-refractivity contribution is -0.133. The number of halogens is 1. The van der Waals surface area contributed by atoms with Crippen LogP contribution in [0.1, 0.15) is 27.2 Å². The first-order chi connectivity index (χ1) is 10.3. The number of hydrogen-bond donors (Lipinski definition) is 2. The lowest BCUT2D eigenvalue weighted by Gasteiger charge is -2.28. The Morgan fingerprint density at radius 1 is 1.45 bits per heavy atom. The normalized spacial score (nSPS) is 11.2. The van der Waals surface area contributed by atoms with E-state index >= 15 is 0 Å². The molecule has 6 heteroatoms. The number of nitrogens with one attached hydrogen (secondary N) is 1. The average molecular weight is 329 g/mol. The van der Waals surface area contributed by atoms with Crippen molar-refractivity contribution in [1.29, 1.82) is 0 Å². The molecule has 0 aliphatic heterocycles. The summed E-state index contributed by atoms with van der Waals surface area (Å²) in [6.45, 7) is 6.65. The maximum absolute atomic E-state index is 12.2. The quantitative estimate of drug-likeness (QED) is 0.770. The second-order valence-electron chi connectivity index (χ2n) is 5.74. The molecule has 1 aromatic carbocycles. The Morgan fingerprint density at radius 2 is 2.14 bits per heavy atom. The monoisotopic (exact) mass is 328 g/mol. The van der Waals surface area contributed by atoms with Gasteiger partial charge in [-0.15, -0.1) is 0 Å². The Labute approximate surface area is 137 Å². The van der Waals surface area contributed by atoms with Gasteiger partial charge in [0, 0.05) is 31.1 Å². The van der Waals surface area contributed by atoms with E-state index in [-0.39, 0.29) is 5.91 Å². The second-order valence-corrected chi connectivity index (χ2v) is 6.18. The SMILES string of the molecule is CCN(CC(C)(C)O)C(=O)CCNc1cc(Cl)ccc1OC. The van der Waals surface area contributed by atoms with Crippen LogP contribution in [0.15, 0.2) is 18.2 Å². The number of benzene rings is 1. The Bertz CT molecular complexity index is 501. The molecule has 0 saturated carbocycles. The standard InChI is InChI=1S/C16H25ClN2O3/c1-5-19(11-16(2,3)21)15(20)8-9-18-13-10-12(17)6-7-14(13)22-4/h6-7,10,18,21H,5,8-9,11H2,1-4H3. The number of hydrogen-bond acceptors (Lipinski definition) is 4. The summed E-state index contributed by atoms with van der Waals surface area (Å²) < 4.78 is 5.24. The Balaban J connectivity index is 2.56. The summed E-state index contributed by atoms with van der Waals surface area (Å²) in [4.78, 5) is 13.8. The lowest BCUT2D eigenvalue weighted by Crippen LogP contribution is -2.42. The van der Waals surface area contributed by atoms with Crippen molar-refractivity contribution in [3.63, 3.8) is 0 Å². The zero-order chi connectivity index (χ0) is 16.8. The minimum Gasteiger partial charge on any atom is -0.495 e. The molecule has 22 heavy (non-hydrogen) atoms. The van der Waals surface area contributed by atoms with Gasteiger partial charge < -0.3 is 20.1 Å². The molecule has 2 N–H and O–H groups in total. The van der Waals surface area contributed by atoms with Gasteiger partial charge in [-0.1, -0.05) is 11.6 Å². The molecule has 0 unspecified atom stereocenters. The zero-order valence-electron chi connectivity index (χ0n) is 13.6. The number of aliphatic hydroxyl groups is 1. The lowest BCUT2D eigenvalue weighted by atomic mass is 10.1. The third-order valence-electron chi connectivity index (χ3n) is 3.13. The highest BCUT2D eigenvalue weighted by Crippen LogP contribution is 2.27. The van der Waals surface area contributed by atoms with Crippen LogP contribution < -0.4 is 10.1 Å². The molecule has 0 fully saturated rings. The molecule has 0 radical (unpaired) electrons. The van der Waals surface area contributed by atoms with E-state index < -0.39 is 5.60 Å². The third-order valence-corrected chi connectivity index (χ3v) is 3.36. The molecular weight excluding hydrogens is 304 g/mol. The molecule has 0 heterocycles. The Kier molecular flexibility index (Phi) is 6.97. The number of methoxy groups -OCH3 is 1. The van der Waals surface area contributed by atoms with Crippen LogP contribution in [0.3, 0.4) is 0 Å². The van der Waals surface area contributed by atoms with E-state index in [9.17, 15) is 9.90 Å². The molecule has 1 amide bonds. The van der Waals surface area contributed by atoms with Gasteiger partial charge in [-0.25, -0.2) is 0 Å². The van der Waals surface area contributed by atoms with Crippen molar-refractivity contribution in [3.05, 3.63) is 23.2 Å². The molecule has 0 atom stereocenters. The van der Waals surface area contributed by atoms with E-state index in [0.29, 0.717) is 36.8 Å². The van der Waals surface area contributed by atoms with E-state index in [0.717, 1.165) is 5.69 Å². The largest absolute Gasteiger partial charge is 0.495 e. The molecular formula is C16H25ClN2O3. The first kappa shape index (κ1) is 18.6. The summed E-state index contributed by atoms with van der Waals surface area (Å²) in [5.74, 6) is 0.679. The molecule has 5 nitrogen and oxygen atoms in total. The molecule has 124 valence electrons. The summed E-state index contributed by atoms with van der Waals surface area (Å²) in [6, 6.07) is 5.29. The van der Waals surface area contributed by atoms with Gasteiger partial charge in [0.05, 0.1) is 18.4 Å².